The van der Waals surface area contributed by atoms with Gasteiger partial charge in [-0.25, -0.2) is 0 Å². The third-order valence-electron chi connectivity index (χ3n) is 5.39. The van der Waals surface area contributed by atoms with E-state index in [0.29, 0.717) is 5.92 Å². The summed E-state index contributed by atoms with van der Waals surface area (Å²) in [5.41, 5.74) is 7.21. The Hall–Kier alpha value is -1.35. The van der Waals surface area contributed by atoms with Crippen molar-refractivity contribution in [3.8, 4) is 0 Å². The Labute approximate surface area is 121 Å². The third-order valence-corrected chi connectivity index (χ3v) is 5.39. The number of rotatable bonds is 5. The van der Waals surface area contributed by atoms with E-state index in [1.807, 2.05) is 6.07 Å². The average molecular weight is 275 g/mol. The van der Waals surface area contributed by atoms with E-state index in [0.717, 1.165) is 12.8 Å². The standard InChI is InChI=1S/C17H25NO2/c1-12(2)16(9-14-7-5-4-6-8-14)11-17(18,13(16)3)10-15(19)20/h4-8,12-13H,9-11,18H2,1-3H3,(H,19,20). The van der Waals surface area contributed by atoms with Gasteiger partial charge in [0, 0.05) is 5.54 Å². The normalized spacial score (nSPS) is 33.0. The molecule has 0 aromatic heterocycles. The molecule has 0 spiro atoms. The number of aliphatic carboxylic acids is 1. The molecule has 0 amide bonds. The highest BCUT2D eigenvalue weighted by Crippen LogP contribution is 2.59. The van der Waals surface area contributed by atoms with Gasteiger partial charge in [0.15, 0.2) is 0 Å². The predicted octanol–water partition coefficient (Wildman–Crippen LogP) is 3.08. The first-order valence-electron chi connectivity index (χ1n) is 7.35. The molecule has 0 saturated heterocycles. The molecular formula is C17H25NO2. The molecule has 0 radical (unpaired) electrons. The molecule has 3 nitrogen and oxygen atoms in total. The van der Waals surface area contributed by atoms with Gasteiger partial charge in [0.05, 0.1) is 6.42 Å². The van der Waals surface area contributed by atoms with Crippen LogP contribution in [0.3, 0.4) is 0 Å². The minimum atomic E-state index is -0.795. The van der Waals surface area contributed by atoms with Crippen LogP contribution in [0.5, 0.6) is 0 Å². The van der Waals surface area contributed by atoms with Crippen LogP contribution in [0, 0.1) is 17.3 Å². The number of carboxylic acid groups (broad SMARTS) is 1. The summed E-state index contributed by atoms with van der Waals surface area (Å²) in [6.07, 6.45) is 1.84. The lowest BCUT2D eigenvalue weighted by atomic mass is 9.44. The smallest absolute Gasteiger partial charge is 0.305 e. The Morgan fingerprint density at radius 2 is 2.00 bits per heavy atom. The van der Waals surface area contributed by atoms with Crippen molar-refractivity contribution >= 4 is 5.97 Å². The SMILES string of the molecule is CC(C)C1(Cc2ccccc2)CC(N)(CC(=O)O)C1C. The lowest BCUT2D eigenvalue weighted by Gasteiger charge is -2.62. The molecule has 1 aromatic rings. The number of nitrogens with two attached hydrogens (primary N) is 1. The quantitative estimate of drug-likeness (QED) is 0.868. The van der Waals surface area contributed by atoms with Crippen LogP contribution in [0.25, 0.3) is 0 Å². The largest absolute Gasteiger partial charge is 0.481 e. The second kappa shape index (κ2) is 5.21. The molecule has 20 heavy (non-hydrogen) atoms. The van der Waals surface area contributed by atoms with Gasteiger partial charge in [-0.3, -0.25) is 4.79 Å². The molecule has 0 heterocycles. The molecule has 3 heteroatoms. The van der Waals surface area contributed by atoms with Crippen molar-refractivity contribution in [3.63, 3.8) is 0 Å². The fourth-order valence-electron chi connectivity index (χ4n) is 3.96. The van der Waals surface area contributed by atoms with Crippen LogP contribution in [0.1, 0.15) is 39.2 Å². The highest BCUT2D eigenvalue weighted by atomic mass is 16.4. The van der Waals surface area contributed by atoms with Crippen LogP contribution in [0.15, 0.2) is 30.3 Å². The van der Waals surface area contributed by atoms with Crippen LogP contribution in [0.4, 0.5) is 0 Å². The van der Waals surface area contributed by atoms with Crippen LogP contribution in [-0.4, -0.2) is 16.6 Å². The molecule has 1 aromatic carbocycles. The van der Waals surface area contributed by atoms with Gasteiger partial charge in [-0.05, 0) is 35.7 Å². The van der Waals surface area contributed by atoms with Crippen molar-refractivity contribution in [1.82, 2.24) is 0 Å². The van der Waals surface area contributed by atoms with Gasteiger partial charge in [0.2, 0.25) is 0 Å². The summed E-state index contributed by atoms with van der Waals surface area (Å²) in [5.74, 6) is -0.0918. The van der Waals surface area contributed by atoms with E-state index in [9.17, 15) is 4.79 Å². The molecule has 110 valence electrons. The summed E-state index contributed by atoms with van der Waals surface area (Å²) in [6, 6.07) is 10.4. The average Bonchev–Trinajstić information content (AvgIpc) is 2.37. The van der Waals surface area contributed by atoms with Crippen molar-refractivity contribution in [3.05, 3.63) is 35.9 Å². The first-order chi connectivity index (χ1) is 9.30. The number of carboxylic acids is 1. The zero-order valence-electron chi connectivity index (χ0n) is 12.6. The molecule has 1 saturated carbocycles. The molecule has 1 aliphatic rings. The monoisotopic (exact) mass is 275 g/mol. The van der Waals surface area contributed by atoms with E-state index in [-0.39, 0.29) is 17.8 Å². The van der Waals surface area contributed by atoms with E-state index in [4.69, 9.17) is 10.8 Å². The summed E-state index contributed by atoms with van der Waals surface area (Å²) >= 11 is 0. The Morgan fingerprint density at radius 1 is 1.40 bits per heavy atom. The predicted molar refractivity (Wildman–Crippen MR) is 80.4 cm³/mol. The lowest BCUT2D eigenvalue weighted by Crippen LogP contribution is -2.68. The van der Waals surface area contributed by atoms with Crippen molar-refractivity contribution in [2.45, 2.75) is 45.6 Å². The van der Waals surface area contributed by atoms with E-state index in [1.165, 1.54) is 5.56 Å². The van der Waals surface area contributed by atoms with Gasteiger partial charge in [-0.15, -0.1) is 0 Å². The zero-order valence-corrected chi connectivity index (χ0v) is 12.6. The first kappa shape index (κ1) is 15.0. The van der Waals surface area contributed by atoms with E-state index in [2.05, 4.69) is 45.0 Å². The maximum absolute atomic E-state index is 11.0. The van der Waals surface area contributed by atoms with Gasteiger partial charge in [-0.2, -0.15) is 0 Å². The second-order valence-corrected chi connectivity index (χ2v) is 6.75. The fraction of sp³-hybridized carbons (Fsp3) is 0.588. The summed E-state index contributed by atoms with van der Waals surface area (Å²) in [6.45, 7) is 6.56. The summed E-state index contributed by atoms with van der Waals surface area (Å²) in [5, 5.41) is 9.05. The minimum absolute atomic E-state index is 0.0669. The highest BCUT2D eigenvalue weighted by Gasteiger charge is 2.60. The van der Waals surface area contributed by atoms with Crippen molar-refractivity contribution in [1.29, 1.82) is 0 Å². The van der Waals surface area contributed by atoms with Crippen LogP contribution in [-0.2, 0) is 11.2 Å². The molecule has 1 fully saturated rings. The number of hydrogen-bond acceptors (Lipinski definition) is 2. The molecule has 1 aliphatic carbocycles. The maximum Gasteiger partial charge on any atom is 0.305 e. The highest BCUT2D eigenvalue weighted by molar-refractivity contribution is 5.69. The van der Waals surface area contributed by atoms with Crippen LogP contribution in [0.2, 0.25) is 0 Å². The number of carbonyl (C=O) groups is 1. The summed E-state index contributed by atoms with van der Waals surface area (Å²) in [4.78, 5) is 11.0. The Morgan fingerprint density at radius 3 is 2.45 bits per heavy atom. The summed E-state index contributed by atoms with van der Waals surface area (Å²) < 4.78 is 0. The Kier molecular flexibility index (Phi) is 3.92. The number of hydrogen-bond donors (Lipinski definition) is 2. The van der Waals surface area contributed by atoms with Crippen molar-refractivity contribution < 1.29 is 9.90 Å². The van der Waals surface area contributed by atoms with Gasteiger partial charge in [0.1, 0.15) is 0 Å². The third kappa shape index (κ3) is 2.47. The molecule has 0 bridgehead atoms. The van der Waals surface area contributed by atoms with Gasteiger partial charge in [-0.1, -0.05) is 51.1 Å². The molecule has 3 N–H and O–H groups in total. The van der Waals surface area contributed by atoms with E-state index < -0.39 is 11.5 Å². The lowest BCUT2D eigenvalue weighted by molar-refractivity contribution is -0.148. The zero-order chi connectivity index (χ0) is 15.0. The Bertz CT molecular complexity index is 485. The molecule has 3 atom stereocenters. The summed E-state index contributed by atoms with van der Waals surface area (Å²) in [7, 11) is 0. The molecule has 2 rings (SSSR count). The molecular weight excluding hydrogens is 250 g/mol. The Balaban J connectivity index is 2.20. The van der Waals surface area contributed by atoms with Crippen molar-refractivity contribution in [2.75, 3.05) is 0 Å². The topological polar surface area (TPSA) is 63.3 Å². The van der Waals surface area contributed by atoms with Crippen LogP contribution < -0.4 is 5.73 Å². The number of benzene rings is 1. The first-order valence-corrected chi connectivity index (χ1v) is 7.35. The molecule has 3 unspecified atom stereocenters. The van der Waals surface area contributed by atoms with E-state index >= 15 is 0 Å². The minimum Gasteiger partial charge on any atom is -0.481 e. The van der Waals surface area contributed by atoms with Gasteiger partial charge in [0.25, 0.3) is 0 Å². The van der Waals surface area contributed by atoms with E-state index in [1.54, 1.807) is 0 Å². The fourth-order valence-corrected chi connectivity index (χ4v) is 3.96. The van der Waals surface area contributed by atoms with Gasteiger partial charge >= 0.3 is 5.97 Å². The second-order valence-electron chi connectivity index (χ2n) is 6.75. The maximum atomic E-state index is 11.0. The van der Waals surface area contributed by atoms with Gasteiger partial charge < -0.3 is 10.8 Å². The van der Waals surface area contributed by atoms with Crippen molar-refractivity contribution in [2.24, 2.45) is 23.0 Å². The van der Waals surface area contributed by atoms with Crippen LogP contribution >= 0.6 is 0 Å². The molecule has 0 aliphatic heterocycles.